The lowest BCUT2D eigenvalue weighted by atomic mass is 9.70. The van der Waals surface area contributed by atoms with Crippen molar-refractivity contribution in [3.8, 4) is 33.4 Å². The molecule has 2 nitrogen and oxygen atoms in total. The number of rotatable bonds is 1. The topological polar surface area (TPSA) is 26.0 Å². The molecule has 2 aliphatic rings. The van der Waals surface area contributed by atoms with Gasteiger partial charge in [-0.1, -0.05) is 102 Å². The summed E-state index contributed by atoms with van der Waals surface area (Å²) in [5.74, 6) is 0.856. The third-order valence-electron chi connectivity index (χ3n) is 8.30. The van der Waals surface area contributed by atoms with E-state index in [1.165, 1.54) is 60.8 Å². The van der Waals surface area contributed by atoms with Gasteiger partial charge in [0.05, 0.1) is 11.1 Å². The predicted molar refractivity (Wildman–Crippen MR) is 145 cm³/mol. The molecule has 2 heteroatoms. The van der Waals surface area contributed by atoms with E-state index >= 15 is 0 Å². The summed E-state index contributed by atoms with van der Waals surface area (Å²) in [4.78, 5) is 0. The molecule has 6 aromatic rings. The first-order valence-electron chi connectivity index (χ1n) is 12.5. The minimum absolute atomic E-state index is 0.364. The van der Waals surface area contributed by atoms with Crippen molar-refractivity contribution in [2.24, 2.45) is 0 Å². The summed E-state index contributed by atoms with van der Waals surface area (Å²) < 4.78 is 5.66. The summed E-state index contributed by atoms with van der Waals surface area (Å²) in [6, 6.07) is 38.1. The van der Waals surface area contributed by atoms with Crippen LogP contribution < -0.4 is 0 Å². The Hall–Kier alpha value is -4.43. The average Bonchev–Trinajstić information content (AvgIpc) is 3.53. The first-order chi connectivity index (χ1) is 17.7. The number of hydrogen-bond donors (Lipinski definition) is 0. The molecule has 1 aromatic heterocycles. The van der Waals surface area contributed by atoms with Crippen molar-refractivity contribution >= 4 is 10.8 Å². The number of hydrogen-bond acceptors (Lipinski definition) is 2. The van der Waals surface area contributed by atoms with Crippen LogP contribution in [0.5, 0.6) is 0 Å². The Kier molecular flexibility index (Phi) is 3.76. The molecular formula is C34H23NO. The highest BCUT2D eigenvalue weighted by atomic mass is 16.5. The lowest BCUT2D eigenvalue weighted by Gasteiger charge is -2.31. The van der Waals surface area contributed by atoms with Crippen LogP contribution in [0, 0.1) is 13.8 Å². The molecule has 0 fully saturated rings. The second kappa shape index (κ2) is 6.83. The summed E-state index contributed by atoms with van der Waals surface area (Å²) in [5.41, 5.74) is 13.6. The number of fused-ring (bicyclic) bond motifs is 12. The lowest BCUT2D eigenvalue weighted by molar-refractivity contribution is 0.393. The van der Waals surface area contributed by atoms with Gasteiger partial charge in [-0.2, -0.15) is 0 Å². The molecule has 0 N–H and O–H groups in total. The van der Waals surface area contributed by atoms with Gasteiger partial charge in [0.2, 0.25) is 0 Å². The largest absolute Gasteiger partial charge is 0.361 e. The van der Waals surface area contributed by atoms with Crippen LogP contribution in [0.1, 0.15) is 33.7 Å². The van der Waals surface area contributed by atoms with Gasteiger partial charge in [0.1, 0.15) is 5.76 Å². The molecule has 0 atom stereocenters. The maximum absolute atomic E-state index is 5.66. The van der Waals surface area contributed by atoms with Crippen molar-refractivity contribution in [3.63, 3.8) is 0 Å². The average molecular weight is 462 g/mol. The van der Waals surface area contributed by atoms with Crippen molar-refractivity contribution in [1.29, 1.82) is 0 Å². The third-order valence-corrected chi connectivity index (χ3v) is 8.30. The normalized spacial score (nSPS) is 14.1. The van der Waals surface area contributed by atoms with Gasteiger partial charge in [0.15, 0.2) is 0 Å². The molecule has 0 unspecified atom stereocenters. The van der Waals surface area contributed by atoms with Gasteiger partial charge < -0.3 is 4.52 Å². The fourth-order valence-electron chi connectivity index (χ4n) is 7.02. The monoisotopic (exact) mass is 461 g/mol. The highest BCUT2D eigenvalue weighted by Gasteiger charge is 2.52. The predicted octanol–water partition coefficient (Wildman–Crippen LogP) is 8.46. The van der Waals surface area contributed by atoms with Crippen LogP contribution in [0.15, 0.2) is 108 Å². The summed E-state index contributed by atoms with van der Waals surface area (Å²) in [6.45, 7) is 4.06. The molecule has 0 radical (unpaired) electrons. The molecule has 1 spiro atoms. The van der Waals surface area contributed by atoms with Crippen molar-refractivity contribution < 1.29 is 4.52 Å². The van der Waals surface area contributed by atoms with Crippen molar-refractivity contribution in [3.05, 3.63) is 137 Å². The van der Waals surface area contributed by atoms with E-state index in [4.69, 9.17) is 4.52 Å². The van der Waals surface area contributed by atoms with Gasteiger partial charge in [-0.3, -0.25) is 0 Å². The zero-order valence-electron chi connectivity index (χ0n) is 20.2. The van der Waals surface area contributed by atoms with Crippen molar-refractivity contribution in [2.45, 2.75) is 19.3 Å². The Labute approximate surface area is 209 Å². The van der Waals surface area contributed by atoms with Crippen LogP contribution in [0.4, 0.5) is 0 Å². The molecule has 170 valence electrons. The Morgan fingerprint density at radius 2 is 1.06 bits per heavy atom. The molecule has 0 amide bonds. The molecule has 0 bridgehead atoms. The second-order valence-corrected chi connectivity index (χ2v) is 9.98. The maximum atomic E-state index is 5.66. The summed E-state index contributed by atoms with van der Waals surface area (Å²) in [5, 5.41) is 6.83. The van der Waals surface area contributed by atoms with Crippen molar-refractivity contribution in [2.75, 3.05) is 0 Å². The molecule has 2 aliphatic carbocycles. The summed E-state index contributed by atoms with van der Waals surface area (Å²) >= 11 is 0. The zero-order chi connectivity index (χ0) is 24.0. The van der Waals surface area contributed by atoms with E-state index in [2.05, 4.69) is 108 Å². The van der Waals surface area contributed by atoms with E-state index in [9.17, 15) is 0 Å². The van der Waals surface area contributed by atoms with E-state index in [0.29, 0.717) is 0 Å². The van der Waals surface area contributed by atoms with Gasteiger partial charge in [0, 0.05) is 5.56 Å². The Balaban J connectivity index is 1.63. The highest BCUT2D eigenvalue weighted by Crippen LogP contribution is 2.64. The molecule has 0 saturated carbocycles. The fraction of sp³-hybridized carbons (Fsp3) is 0.0882. The first-order valence-corrected chi connectivity index (χ1v) is 12.5. The Morgan fingerprint density at radius 1 is 0.528 bits per heavy atom. The van der Waals surface area contributed by atoms with Crippen LogP contribution in [0.2, 0.25) is 0 Å². The van der Waals surface area contributed by atoms with Crippen LogP contribution in [-0.2, 0) is 5.41 Å². The highest BCUT2D eigenvalue weighted by molar-refractivity contribution is 6.11. The number of aromatic nitrogens is 1. The van der Waals surface area contributed by atoms with Crippen LogP contribution in [0.3, 0.4) is 0 Å². The van der Waals surface area contributed by atoms with E-state index in [1.54, 1.807) is 0 Å². The van der Waals surface area contributed by atoms with E-state index in [1.807, 2.05) is 13.8 Å². The van der Waals surface area contributed by atoms with Gasteiger partial charge in [-0.05, 0) is 80.8 Å². The summed E-state index contributed by atoms with van der Waals surface area (Å²) in [7, 11) is 0. The fourth-order valence-corrected chi connectivity index (χ4v) is 7.02. The molecule has 36 heavy (non-hydrogen) atoms. The van der Waals surface area contributed by atoms with Gasteiger partial charge in [0.25, 0.3) is 0 Å². The van der Waals surface area contributed by atoms with Crippen LogP contribution >= 0.6 is 0 Å². The van der Waals surface area contributed by atoms with E-state index in [0.717, 1.165) is 17.0 Å². The zero-order valence-corrected chi connectivity index (χ0v) is 20.2. The Morgan fingerprint density at radius 3 is 1.67 bits per heavy atom. The van der Waals surface area contributed by atoms with Crippen molar-refractivity contribution in [1.82, 2.24) is 5.16 Å². The SMILES string of the molecule is Cc1noc(C)c1-c1cc2c(c3ccccc13)-c1ccccc1C21c2ccccc2-c2ccccc21. The van der Waals surface area contributed by atoms with Gasteiger partial charge in [-0.15, -0.1) is 0 Å². The summed E-state index contributed by atoms with van der Waals surface area (Å²) in [6.07, 6.45) is 0. The molecule has 0 saturated heterocycles. The standard InChI is InChI=1S/C34H23NO/c1-20-32(21(2)36-35-20)27-19-31-33(25-14-4-3-11-22(25)27)26-15-7-10-18-30(26)34(31)28-16-8-5-12-23(28)24-13-6-9-17-29(24)34/h3-19H,1-2H3. The minimum Gasteiger partial charge on any atom is -0.361 e. The molecule has 0 aliphatic heterocycles. The minimum atomic E-state index is -0.364. The van der Waals surface area contributed by atoms with Gasteiger partial charge in [-0.25, -0.2) is 0 Å². The van der Waals surface area contributed by atoms with Crippen LogP contribution in [0.25, 0.3) is 44.2 Å². The first kappa shape index (κ1) is 19.8. The number of aryl methyl sites for hydroxylation is 2. The number of benzene rings is 5. The van der Waals surface area contributed by atoms with Crippen LogP contribution in [-0.4, -0.2) is 5.16 Å². The number of nitrogens with zero attached hydrogens (tertiary/aromatic N) is 1. The van der Waals surface area contributed by atoms with Gasteiger partial charge >= 0.3 is 0 Å². The van der Waals surface area contributed by atoms with E-state index < -0.39 is 0 Å². The second-order valence-electron chi connectivity index (χ2n) is 9.98. The Bertz CT molecular complexity index is 1810. The molecule has 8 rings (SSSR count). The quantitative estimate of drug-likeness (QED) is 0.245. The third kappa shape index (κ3) is 2.21. The van der Waals surface area contributed by atoms with E-state index in [-0.39, 0.29) is 5.41 Å². The smallest absolute Gasteiger partial charge is 0.141 e. The molecule has 5 aromatic carbocycles. The lowest BCUT2D eigenvalue weighted by Crippen LogP contribution is -2.25. The maximum Gasteiger partial charge on any atom is 0.141 e. The molecular weight excluding hydrogens is 438 g/mol. The molecule has 1 heterocycles.